The van der Waals surface area contributed by atoms with Crippen molar-refractivity contribution in [3.63, 3.8) is 0 Å². The minimum absolute atomic E-state index is 0.0179. The lowest BCUT2D eigenvalue weighted by Gasteiger charge is -2.39. The number of rotatable bonds is 4. The summed E-state index contributed by atoms with van der Waals surface area (Å²) in [5, 5.41) is 1.96. The van der Waals surface area contributed by atoms with Crippen LogP contribution in [0.15, 0.2) is 0 Å². The Morgan fingerprint density at radius 2 is 1.89 bits per heavy atom. The first-order valence-corrected chi connectivity index (χ1v) is 6.98. The summed E-state index contributed by atoms with van der Waals surface area (Å²) in [4.78, 5) is 28.5. The Hall–Kier alpha value is -0.740. The largest absolute Gasteiger partial charge is 0.300 e. The van der Waals surface area contributed by atoms with Gasteiger partial charge in [-0.25, -0.2) is 0 Å². The molecule has 0 unspecified atom stereocenters. The second-order valence-corrected chi connectivity index (χ2v) is 5.75. The molecule has 1 heterocycles. The second-order valence-electron chi connectivity index (χ2n) is 5.75. The van der Waals surface area contributed by atoms with E-state index in [0.29, 0.717) is 13.0 Å². The molecule has 18 heavy (non-hydrogen) atoms. The Bertz CT molecular complexity index is 334. The monoisotopic (exact) mass is 253 g/mol. The highest BCUT2D eigenvalue weighted by atomic mass is 16.7. The Labute approximate surface area is 109 Å². The molecule has 2 rings (SSSR count). The van der Waals surface area contributed by atoms with Crippen LogP contribution in [0.4, 0.5) is 0 Å². The molecule has 4 heteroatoms. The van der Waals surface area contributed by atoms with E-state index < -0.39 is 0 Å². The van der Waals surface area contributed by atoms with E-state index in [1.54, 1.807) is 13.8 Å². The lowest BCUT2D eigenvalue weighted by molar-refractivity contribution is -0.195. The average Bonchev–Trinajstić information content (AvgIpc) is 2.66. The quantitative estimate of drug-likeness (QED) is 0.771. The summed E-state index contributed by atoms with van der Waals surface area (Å²) < 4.78 is 0. The van der Waals surface area contributed by atoms with Gasteiger partial charge in [-0.3, -0.25) is 14.4 Å². The number of hydroxylamine groups is 2. The van der Waals surface area contributed by atoms with Crippen LogP contribution >= 0.6 is 0 Å². The predicted molar refractivity (Wildman–Crippen MR) is 68.0 cm³/mol. The molecule has 0 N–H and O–H groups in total. The van der Waals surface area contributed by atoms with E-state index in [4.69, 9.17) is 4.84 Å². The summed E-state index contributed by atoms with van der Waals surface area (Å²) in [6.07, 6.45) is 6.87. The summed E-state index contributed by atoms with van der Waals surface area (Å²) >= 11 is 0. The minimum atomic E-state index is -0.296. The lowest BCUT2D eigenvalue weighted by atomic mass is 9.78. The average molecular weight is 253 g/mol. The van der Waals surface area contributed by atoms with E-state index in [0.717, 1.165) is 19.3 Å². The van der Waals surface area contributed by atoms with Crippen LogP contribution in [0.5, 0.6) is 0 Å². The molecule has 1 aliphatic carbocycles. The van der Waals surface area contributed by atoms with Gasteiger partial charge in [-0.2, -0.15) is 5.06 Å². The Morgan fingerprint density at radius 1 is 1.22 bits per heavy atom. The zero-order chi connectivity index (χ0) is 13.2. The van der Waals surface area contributed by atoms with E-state index in [1.807, 2.05) is 5.06 Å². The van der Waals surface area contributed by atoms with Crippen LogP contribution in [0.2, 0.25) is 0 Å². The SMILES string of the molecule is CC(=O)CCN1O[C@@H](C(C)=O)CC12CCCCC2. The molecular weight excluding hydrogens is 230 g/mol. The second kappa shape index (κ2) is 5.49. The molecular formula is C14H23NO3. The maximum Gasteiger partial charge on any atom is 0.160 e. The minimum Gasteiger partial charge on any atom is -0.300 e. The molecule has 1 saturated heterocycles. The van der Waals surface area contributed by atoms with Crippen molar-refractivity contribution in [1.29, 1.82) is 0 Å². The molecule has 0 bridgehead atoms. The third kappa shape index (κ3) is 2.81. The number of carbonyl (C=O) groups excluding carboxylic acids is 2. The van der Waals surface area contributed by atoms with Gasteiger partial charge in [0.1, 0.15) is 11.9 Å². The van der Waals surface area contributed by atoms with Gasteiger partial charge in [0, 0.05) is 24.9 Å². The summed E-state index contributed by atoms with van der Waals surface area (Å²) in [5.41, 5.74) is 0.0179. The summed E-state index contributed by atoms with van der Waals surface area (Å²) in [7, 11) is 0. The molecule has 0 aromatic heterocycles. The van der Waals surface area contributed by atoms with Gasteiger partial charge in [-0.05, 0) is 26.7 Å². The number of ketones is 2. The first kappa shape index (κ1) is 13.7. The molecule has 0 aromatic rings. The van der Waals surface area contributed by atoms with E-state index in [1.165, 1.54) is 19.3 Å². The number of hydrogen-bond donors (Lipinski definition) is 0. The fourth-order valence-corrected chi connectivity index (χ4v) is 3.18. The summed E-state index contributed by atoms with van der Waals surface area (Å²) in [6.45, 7) is 3.82. The normalized spacial score (nSPS) is 27.6. The standard InChI is InChI=1S/C14H23NO3/c1-11(16)6-9-15-14(7-4-3-5-8-14)10-13(18-15)12(2)17/h13H,3-10H2,1-2H3/t13-/m1/s1. The van der Waals surface area contributed by atoms with Gasteiger partial charge in [-0.15, -0.1) is 0 Å². The zero-order valence-electron chi connectivity index (χ0n) is 11.4. The number of nitrogens with zero attached hydrogens (tertiary/aromatic N) is 1. The van der Waals surface area contributed by atoms with Crippen LogP contribution in [0.3, 0.4) is 0 Å². The molecule has 1 spiro atoms. The molecule has 0 radical (unpaired) electrons. The molecule has 1 atom stereocenters. The van der Waals surface area contributed by atoms with Crippen molar-refractivity contribution >= 4 is 11.6 Å². The van der Waals surface area contributed by atoms with Gasteiger partial charge in [-0.1, -0.05) is 19.3 Å². The van der Waals surface area contributed by atoms with Gasteiger partial charge in [0.15, 0.2) is 5.78 Å². The number of carbonyl (C=O) groups is 2. The molecule has 102 valence electrons. The highest BCUT2D eigenvalue weighted by molar-refractivity contribution is 5.80. The summed E-state index contributed by atoms with van der Waals surface area (Å²) in [6, 6.07) is 0. The molecule has 0 aromatic carbocycles. The van der Waals surface area contributed by atoms with Crippen LogP contribution < -0.4 is 0 Å². The van der Waals surface area contributed by atoms with Crippen molar-refractivity contribution in [1.82, 2.24) is 5.06 Å². The van der Waals surface area contributed by atoms with Crippen molar-refractivity contribution in [2.75, 3.05) is 6.54 Å². The molecule has 1 saturated carbocycles. The third-order valence-corrected chi connectivity index (χ3v) is 4.25. The van der Waals surface area contributed by atoms with Gasteiger partial charge in [0.05, 0.1) is 0 Å². The fraction of sp³-hybridized carbons (Fsp3) is 0.857. The van der Waals surface area contributed by atoms with E-state index in [2.05, 4.69) is 0 Å². The van der Waals surface area contributed by atoms with E-state index in [-0.39, 0.29) is 23.2 Å². The first-order chi connectivity index (χ1) is 8.53. The lowest BCUT2D eigenvalue weighted by Crippen LogP contribution is -2.45. The van der Waals surface area contributed by atoms with Gasteiger partial charge in [0.25, 0.3) is 0 Å². The van der Waals surface area contributed by atoms with Crippen molar-refractivity contribution < 1.29 is 14.4 Å². The van der Waals surface area contributed by atoms with Crippen molar-refractivity contribution in [2.24, 2.45) is 0 Å². The van der Waals surface area contributed by atoms with Crippen molar-refractivity contribution in [2.45, 2.75) is 70.4 Å². The first-order valence-electron chi connectivity index (χ1n) is 6.98. The highest BCUT2D eigenvalue weighted by Gasteiger charge is 2.48. The fourth-order valence-electron chi connectivity index (χ4n) is 3.18. The van der Waals surface area contributed by atoms with E-state index in [9.17, 15) is 9.59 Å². The molecule has 2 fully saturated rings. The molecule has 0 amide bonds. The number of Topliss-reactive ketones (excluding diaryl/α,β-unsaturated/α-hetero) is 2. The molecule has 1 aliphatic heterocycles. The maximum absolute atomic E-state index is 11.5. The van der Waals surface area contributed by atoms with Crippen LogP contribution in [0, 0.1) is 0 Å². The smallest absolute Gasteiger partial charge is 0.160 e. The van der Waals surface area contributed by atoms with Crippen LogP contribution in [0.25, 0.3) is 0 Å². The van der Waals surface area contributed by atoms with Crippen molar-refractivity contribution in [3.05, 3.63) is 0 Å². The van der Waals surface area contributed by atoms with Crippen LogP contribution in [-0.4, -0.2) is 34.8 Å². The predicted octanol–water partition coefficient (Wildman–Crippen LogP) is 2.26. The van der Waals surface area contributed by atoms with Gasteiger partial charge < -0.3 is 0 Å². The molecule has 4 nitrogen and oxygen atoms in total. The maximum atomic E-state index is 11.5. The Kier molecular flexibility index (Phi) is 4.17. The number of hydrogen-bond acceptors (Lipinski definition) is 4. The van der Waals surface area contributed by atoms with Crippen LogP contribution in [-0.2, 0) is 14.4 Å². The molecule has 2 aliphatic rings. The van der Waals surface area contributed by atoms with Gasteiger partial charge >= 0.3 is 0 Å². The zero-order valence-corrected chi connectivity index (χ0v) is 11.4. The summed E-state index contributed by atoms with van der Waals surface area (Å²) in [5.74, 6) is 0.279. The third-order valence-electron chi connectivity index (χ3n) is 4.25. The van der Waals surface area contributed by atoms with Crippen molar-refractivity contribution in [3.8, 4) is 0 Å². The van der Waals surface area contributed by atoms with E-state index >= 15 is 0 Å². The topological polar surface area (TPSA) is 46.6 Å². The Morgan fingerprint density at radius 3 is 2.44 bits per heavy atom. The van der Waals surface area contributed by atoms with Gasteiger partial charge in [0.2, 0.25) is 0 Å². The van der Waals surface area contributed by atoms with Crippen LogP contribution in [0.1, 0.15) is 58.8 Å². The Balaban J connectivity index is 2.07. The highest BCUT2D eigenvalue weighted by Crippen LogP contribution is 2.43.